The van der Waals surface area contributed by atoms with Gasteiger partial charge in [0.15, 0.2) is 6.10 Å². The van der Waals surface area contributed by atoms with E-state index in [1.165, 1.54) is 276 Å². The molecule has 0 saturated heterocycles. The van der Waals surface area contributed by atoms with Crippen molar-refractivity contribution >= 4 is 17.9 Å². The Kier molecular flexibility index (Phi) is 61.1. The van der Waals surface area contributed by atoms with E-state index in [9.17, 15) is 14.4 Å². The monoisotopic (exact) mass is 1030 g/mol. The Labute approximate surface area is 456 Å². The Morgan fingerprint density at radius 1 is 0.260 bits per heavy atom. The zero-order valence-electron chi connectivity index (χ0n) is 49.7. The molecule has 0 rings (SSSR count). The fourth-order valence-corrected chi connectivity index (χ4v) is 10.3. The van der Waals surface area contributed by atoms with E-state index in [1.54, 1.807) is 0 Å². The first-order valence-corrected chi connectivity index (χ1v) is 33.2. The van der Waals surface area contributed by atoms with Crippen molar-refractivity contribution < 1.29 is 28.6 Å². The maximum absolute atomic E-state index is 12.9. The lowest BCUT2D eigenvalue weighted by atomic mass is 10.0. The van der Waals surface area contributed by atoms with Gasteiger partial charge in [-0.05, 0) is 44.9 Å². The highest BCUT2D eigenvalue weighted by Gasteiger charge is 2.19. The minimum Gasteiger partial charge on any atom is -0.462 e. The van der Waals surface area contributed by atoms with Gasteiger partial charge in [0.25, 0.3) is 0 Å². The first kappa shape index (κ1) is 71.2. The maximum atomic E-state index is 12.9. The molecule has 0 aliphatic rings. The Balaban J connectivity index is 4.18. The summed E-state index contributed by atoms with van der Waals surface area (Å²) in [5, 5.41) is 0. The van der Waals surface area contributed by atoms with Crippen LogP contribution in [-0.4, -0.2) is 37.2 Å². The van der Waals surface area contributed by atoms with Gasteiger partial charge in [0.2, 0.25) is 0 Å². The van der Waals surface area contributed by atoms with Crippen LogP contribution in [0.5, 0.6) is 0 Å². The molecule has 0 saturated carbocycles. The number of carbonyl (C=O) groups is 3. The van der Waals surface area contributed by atoms with Crippen LogP contribution in [0, 0.1) is 0 Å². The van der Waals surface area contributed by atoms with Crippen molar-refractivity contribution in [3.05, 3.63) is 12.2 Å². The molecule has 0 radical (unpaired) electrons. The third-order valence-electron chi connectivity index (χ3n) is 15.3. The summed E-state index contributed by atoms with van der Waals surface area (Å²) in [6, 6.07) is 0. The minimum absolute atomic E-state index is 0.0660. The average molecular weight is 1030 g/mol. The predicted molar refractivity (Wildman–Crippen MR) is 317 cm³/mol. The number of unbranched alkanes of at least 4 members (excludes halogenated alkanes) is 49. The largest absolute Gasteiger partial charge is 0.462 e. The quantitative estimate of drug-likeness (QED) is 0.0261. The van der Waals surface area contributed by atoms with Crippen molar-refractivity contribution in [1.82, 2.24) is 0 Å². The summed E-state index contributed by atoms with van der Waals surface area (Å²) < 4.78 is 16.9. The molecule has 1 atom stereocenters. The van der Waals surface area contributed by atoms with Crippen LogP contribution >= 0.6 is 0 Å². The molecule has 0 fully saturated rings. The SMILES string of the molecule is CCCCCC/C=C\CCCCCCCC(=O)OCC(COC(=O)CCCCCCCCCCCCCCCCCCCCCCCCCCCC)OC(=O)CCCCCCCCCCCCCCCCCC. The van der Waals surface area contributed by atoms with Crippen LogP contribution in [0.2, 0.25) is 0 Å². The van der Waals surface area contributed by atoms with Crippen LogP contribution in [0.3, 0.4) is 0 Å². The normalized spacial score (nSPS) is 12.0. The smallest absolute Gasteiger partial charge is 0.306 e. The Bertz CT molecular complexity index is 1130. The lowest BCUT2D eigenvalue weighted by Gasteiger charge is -2.18. The predicted octanol–water partition coefficient (Wildman–Crippen LogP) is 22.4. The van der Waals surface area contributed by atoms with Gasteiger partial charge in [-0.3, -0.25) is 14.4 Å². The van der Waals surface area contributed by atoms with Gasteiger partial charge >= 0.3 is 17.9 Å². The summed E-state index contributed by atoms with van der Waals surface area (Å²) in [7, 11) is 0. The van der Waals surface area contributed by atoms with Gasteiger partial charge in [-0.2, -0.15) is 0 Å². The van der Waals surface area contributed by atoms with Crippen molar-refractivity contribution in [3.63, 3.8) is 0 Å². The van der Waals surface area contributed by atoms with Gasteiger partial charge in [-0.15, -0.1) is 0 Å². The van der Waals surface area contributed by atoms with Crippen molar-refractivity contribution in [3.8, 4) is 0 Å². The van der Waals surface area contributed by atoms with E-state index in [-0.39, 0.29) is 31.1 Å². The van der Waals surface area contributed by atoms with Crippen LogP contribution in [0.1, 0.15) is 380 Å². The molecule has 0 heterocycles. The molecule has 0 aromatic rings. The third-order valence-corrected chi connectivity index (χ3v) is 15.3. The van der Waals surface area contributed by atoms with E-state index < -0.39 is 6.10 Å². The van der Waals surface area contributed by atoms with Crippen LogP contribution in [0.4, 0.5) is 0 Å². The molecule has 6 nitrogen and oxygen atoms in total. The molecule has 0 aromatic carbocycles. The molecule has 0 amide bonds. The van der Waals surface area contributed by atoms with E-state index in [0.717, 1.165) is 64.2 Å². The van der Waals surface area contributed by atoms with E-state index in [0.29, 0.717) is 19.3 Å². The molecule has 0 aliphatic heterocycles. The standard InChI is InChI=1S/C67H128O6/c1-4-7-10-13-16-19-22-25-27-29-30-31-32-33-34-35-36-37-38-40-42-45-48-51-54-57-60-66(69)72-63-64(62-71-65(68)59-56-53-50-47-44-41-24-21-18-15-12-9-6-3)73-67(70)61-58-55-52-49-46-43-39-28-26-23-20-17-14-11-8-5-2/h21,24,64H,4-20,22-23,25-63H2,1-3H3/b24-21-. The van der Waals surface area contributed by atoms with E-state index >= 15 is 0 Å². The third kappa shape index (κ3) is 60.9. The van der Waals surface area contributed by atoms with Gasteiger partial charge in [0.1, 0.15) is 13.2 Å². The van der Waals surface area contributed by atoms with E-state index in [2.05, 4.69) is 32.9 Å². The topological polar surface area (TPSA) is 78.9 Å². The molecule has 432 valence electrons. The number of allylic oxidation sites excluding steroid dienone is 2. The molecule has 73 heavy (non-hydrogen) atoms. The highest BCUT2D eigenvalue weighted by Crippen LogP contribution is 2.19. The number of ether oxygens (including phenoxy) is 3. The molecule has 0 aromatic heterocycles. The van der Waals surface area contributed by atoms with Gasteiger partial charge in [-0.1, -0.05) is 328 Å². The van der Waals surface area contributed by atoms with Crippen molar-refractivity contribution in [2.24, 2.45) is 0 Å². The Hall–Kier alpha value is -1.85. The van der Waals surface area contributed by atoms with Crippen LogP contribution in [0.25, 0.3) is 0 Å². The van der Waals surface area contributed by atoms with Crippen molar-refractivity contribution in [2.45, 2.75) is 386 Å². The Morgan fingerprint density at radius 2 is 0.452 bits per heavy atom. The van der Waals surface area contributed by atoms with Gasteiger partial charge < -0.3 is 14.2 Å². The summed E-state index contributed by atoms with van der Waals surface area (Å²) in [6.07, 6.45) is 73.8. The number of hydrogen-bond donors (Lipinski definition) is 0. The molecular weight excluding hydrogens is 901 g/mol. The summed E-state index contributed by atoms with van der Waals surface area (Å²) in [5.74, 6) is -0.844. The molecule has 0 aliphatic carbocycles. The zero-order valence-corrected chi connectivity index (χ0v) is 49.7. The van der Waals surface area contributed by atoms with Crippen LogP contribution in [0.15, 0.2) is 12.2 Å². The highest BCUT2D eigenvalue weighted by molar-refractivity contribution is 5.71. The molecule has 1 unspecified atom stereocenters. The lowest BCUT2D eigenvalue weighted by Crippen LogP contribution is -2.30. The number of hydrogen-bond acceptors (Lipinski definition) is 6. The van der Waals surface area contributed by atoms with Crippen LogP contribution in [-0.2, 0) is 28.6 Å². The first-order chi connectivity index (χ1) is 36.0. The first-order valence-electron chi connectivity index (χ1n) is 33.2. The number of esters is 3. The molecule has 0 N–H and O–H groups in total. The maximum Gasteiger partial charge on any atom is 0.306 e. The van der Waals surface area contributed by atoms with E-state index in [1.807, 2.05) is 0 Å². The minimum atomic E-state index is -0.768. The van der Waals surface area contributed by atoms with E-state index in [4.69, 9.17) is 14.2 Å². The second kappa shape index (κ2) is 62.7. The van der Waals surface area contributed by atoms with Crippen LogP contribution < -0.4 is 0 Å². The fourth-order valence-electron chi connectivity index (χ4n) is 10.3. The number of carbonyl (C=O) groups excluding carboxylic acids is 3. The zero-order chi connectivity index (χ0) is 52.9. The fraction of sp³-hybridized carbons (Fsp3) is 0.925. The Morgan fingerprint density at radius 3 is 0.699 bits per heavy atom. The summed E-state index contributed by atoms with van der Waals surface area (Å²) in [6.45, 7) is 6.70. The van der Waals surface area contributed by atoms with Gasteiger partial charge in [0.05, 0.1) is 0 Å². The van der Waals surface area contributed by atoms with Crippen molar-refractivity contribution in [1.29, 1.82) is 0 Å². The van der Waals surface area contributed by atoms with Crippen molar-refractivity contribution in [2.75, 3.05) is 13.2 Å². The summed E-state index contributed by atoms with van der Waals surface area (Å²) in [5.41, 5.74) is 0. The second-order valence-electron chi connectivity index (χ2n) is 22.7. The summed E-state index contributed by atoms with van der Waals surface area (Å²) in [4.78, 5) is 38.3. The van der Waals surface area contributed by atoms with Gasteiger partial charge in [0, 0.05) is 19.3 Å². The van der Waals surface area contributed by atoms with Gasteiger partial charge in [-0.25, -0.2) is 0 Å². The highest BCUT2D eigenvalue weighted by atomic mass is 16.6. The number of rotatable bonds is 62. The second-order valence-corrected chi connectivity index (χ2v) is 22.7. The molecule has 6 heteroatoms. The average Bonchev–Trinajstić information content (AvgIpc) is 3.39. The summed E-state index contributed by atoms with van der Waals surface area (Å²) >= 11 is 0. The molecule has 0 bridgehead atoms. The lowest BCUT2D eigenvalue weighted by molar-refractivity contribution is -0.167. The molecular formula is C67H128O6. The molecule has 0 spiro atoms.